The van der Waals surface area contributed by atoms with Gasteiger partial charge in [-0.25, -0.2) is 0 Å². The normalized spacial score (nSPS) is 21.3. The number of likely N-dealkylation sites (tertiary alicyclic amines) is 1. The molecular formula is C12H18BrClN2OS. The summed E-state index contributed by atoms with van der Waals surface area (Å²) in [5, 5.41) is 1.93. The van der Waals surface area contributed by atoms with Crippen molar-refractivity contribution in [1.29, 1.82) is 0 Å². The molecule has 1 saturated heterocycles. The van der Waals surface area contributed by atoms with Gasteiger partial charge in [0, 0.05) is 23.1 Å². The van der Waals surface area contributed by atoms with Crippen molar-refractivity contribution in [1.82, 2.24) is 4.90 Å². The maximum atomic E-state index is 12.4. The third-order valence-electron chi connectivity index (χ3n) is 3.23. The van der Waals surface area contributed by atoms with E-state index in [1.807, 2.05) is 23.3 Å². The predicted molar refractivity (Wildman–Crippen MR) is 81.6 cm³/mol. The van der Waals surface area contributed by atoms with Crippen molar-refractivity contribution >= 4 is 45.6 Å². The van der Waals surface area contributed by atoms with Crippen molar-refractivity contribution in [3.63, 3.8) is 0 Å². The minimum Gasteiger partial charge on any atom is -0.333 e. The van der Waals surface area contributed by atoms with Crippen molar-refractivity contribution in [3.05, 3.63) is 20.8 Å². The number of rotatable bonds is 2. The van der Waals surface area contributed by atoms with E-state index in [-0.39, 0.29) is 30.4 Å². The average Bonchev–Trinajstić information content (AvgIpc) is 2.74. The molecule has 2 N–H and O–H groups in total. The second-order valence-corrected chi connectivity index (χ2v) is 6.29. The van der Waals surface area contributed by atoms with E-state index in [1.165, 1.54) is 17.8 Å². The highest BCUT2D eigenvalue weighted by Crippen LogP contribution is 2.28. The molecule has 1 aromatic heterocycles. The fourth-order valence-corrected chi connectivity index (χ4v) is 3.83. The highest BCUT2D eigenvalue weighted by Gasteiger charge is 2.31. The van der Waals surface area contributed by atoms with Crippen molar-refractivity contribution in [2.75, 3.05) is 6.54 Å². The average molecular weight is 354 g/mol. The van der Waals surface area contributed by atoms with Crippen LogP contribution in [-0.4, -0.2) is 29.4 Å². The fraction of sp³-hybridized carbons (Fsp3) is 0.583. The Balaban J connectivity index is 0.00000162. The first-order chi connectivity index (χ1) is 8.11. The Kier molecular flexibility index (Phi) is 6.11. The van der Waals surface area contributed by atoms with Gasteiger partial charge in [0.15, 0.2) is 0 Å². The van der Waals surface area contributed by atoms with Crippen LogP contribution >= 0.6 is 39.7 Å². The van der Waals surface area contributed by atoms with E-state index in [1.54, 1.807) is 0 Å². The van der Waals surface area contributed by atoms with Gasteiger partial charge in [-0.15, -0.1) is 23.7 Å². The monoisotopic (exact) mass is 352 g/mol. The number of nitrogens with zero attached hydrogens (tertiary/aromatic N) is 1. The summed E-state index contributed by atoms with van der Waals surface area (Å²) in [6.07, 6.45) is 3.27. The molecular weight excluding hydrogens is 336 g/mol. The number of hydrogen-bond acceptors (Lipinski definition) is 3. The van der Waals surface area contributed by atoms with Crippen LogP contribution in [0.15, 0.2) is 15.9 Å². The van der Waals surface area contributed by atoms with E-state index >= 15 is 0 Å². The van der Waals surface area contributed by atoms with E-state index in [0.29, 0.717) is 0 Å². The summed E-state index contributed by atoms with van der Waals surface area (Å²) < 4.78 is 0.890. The number of halogens is 2. The lowest BCUT2D eigenvalue weighted by atomic mass is 9.97. The third-order valence-corrected chi connectivity index (χ3v) is 5.05. The van der Waals surface area contributed by atoms with Gasteiger partial charge in [0.25, 0.3) is 5.91 Å². The first-order valence-electron chi connectivity index (χ1n) is 5.91. The molecule has 18 heavy (non-hydrogen) atoms. The van der Waals surface area contributed by atoms with E-state index in [9.17, 15) is 4.79 Å². The Hall–Kier alpha value is -0.100. The molecule has 6 heteroatoms. The molecule has 0 bridgehead atoms. The minimum atomic E-state index is 0. The predicted octanol–water partition coefficient (Wildman–Crippen LogP) is 3.27. The quantitative estimate of drug-likeness (QED) is 0.887. The number of carbonyl (C=O) groups excluding carboxylic acids is 1. The Morgan fingerprint density at radius 3 is 2.89 bits per heavy atom. The molecule has 0 radical (unpaired) electrons. The zero-order valence-electron chi connectivity index (χ0n) is 10.3. The summed E-state index contributed by atoms with van der Waals surface area (Å²) in [6.45, 7) is 2.81. The zero-order chi connectivity index (χ0) is 12.4. The van der Waals surface area contributed by atoms with Crippen molar-refractivity contribution in [3.8, 4) is 0 Å². The molecule has 0 saturated carbocycles. The molecule has 3 nitrogen and oxygen atoms in total. The summed E-state index contributed by atoms with van der Waals surface area (Å²) in [5.74, 6) is 0.119. The van der Waals surface area contributed by atoms with Crippen LogP contribution in [0, 0.1) is 0 Å². The Morgan fingerprint density at radius 1 is 1.61 bits per heavy atom. The second-order valence-electron chi connectivity index (χ2n) is 4.52. The van der Waals surface area contributed by atoms with Crippen molar-refractivity contribution in [2.24, 2.45) is 5.73 Å². The van der Waals surface area contributed by atoms with E-state index in [0.717, 1.165) is 28.7 Å². The number of nitrogens with two attached hydrogens (primary N) is 1. The SMILES string of the molecule is CC(N)C1CCCCN1C(=O)c1sccc1Br.Cl. The largest absolute Gasteiger partial charge is 0.333 e. The molecule has 1 amide bonds. The first kappa shape index (κ1) is 16.0. The topological polar surface area (TPSA) is 46.3 Å². The number of thiophene rings is 1. The highest BCUT2D eigenvalue weighted by atomic mass is 79.9. The van der Waals surface area contributed by atoms with Crippen LogP contribution < -0.4 is 5.73 Å². The van der Waals surface area contributed by atoms with Crippen LogP contribution in [0.2, 0.25) is 0 Å². The van der Waals surface area contributed by atoms with Gasteiger partial charge >= 0.3 is 0 Å². The van der Waals surface area contributed by atoms with Gasteiger partial charge in [0.2, 0.25) is 0 Å². The zero-order valence-corrected chi connectivity index (χ0v) is 13.5. The highest BCUT2D eigenvalue weighted by molar-refractivity contribution is 9.10. The summed E-state index contributed by atoms with van der Waals surface area (Å²) in [6, 6.07) is 2.14. The molecule has 1 aliphatic heterocycles. The van der Waals surface area contributed by atoms with Crippen LogP contribution in [0.25, 0.3) is 0 Å². The van der Waals surface area contributed by atoms with E-state index in [4.69, 9.17) is 5.73 Å². The van der Waals surface area contributed by atoms with Crippen LogP contribution in [0.1, 0.15) is 35.9 Å². The van der Waals surface area contributed by atoms with Crippen molar-refractivity contribution < 1.29 is 4.79 Å². The van der Waals surface area contributed by atoms with Crippen LogP contribution in [0.4, 0.5) is 0 Å². The fourth-order valence-electron chi connectivity index (χ4n) is 2.33. The number of amides is 1. The van der Waals surface area contributed by atoms with Gasteiger partial charge in [-0.1, -0.05) is 0 Å². The molecule has 2 rings (SSSR count). The standard InChI is InChI=1S/C12H17BrN2OS.ClH/c1-8(14)10-4-2-3-6-15(10)12(16)11-9(13)5-7-17-11;/h5,7-8,10H,2-4,6,14H2,1H3;1H. The van der Waals surface area contributed by atoms with Crippen LogP contribution in [0.5, 0.6) is 0 Å². The second kappa shape index (κ2) is 6.89. The van der Waals surface area contributed by atoms with E-state index in [2.05, 4.69) is 15.9 Å². The summed E-state index contributed by atoms with van der Waals surface area (Å²) >= 11 is 4.91. The van der Waals surface area contributed by atoms with Gasteiger partial charge in [-0.05, 0) is 53.6 Å². The van der Waals surface area contributed by atoms with Crippen LogP contribution in [-0.2, 0) is 0 Å². The minimum absolute atomic E-state index is 0. The lowest BCUT2D eigenvalue weighted by Gasteiger charge is -2.37. The molecule has 0 aromatic carbocycles. The van der Waals surface area contributed by atoms with Gasteiger partial charge in [-0.2, -0.15) is 0 Å². The maximum absolute atomic E-state index is 12.4. The summed E-state index contributed by atoms with van der Waals surface area (Å²) in [5.41, 5.74) is 5.98. The lowest BCUT2D eigenvalue weighted by Crippen LogP contribution is -2.51. The molecule has 2 unspecified atom stereocenters. The maximum Gasteiger partial charge on any atom is 0.265 e. The molecule has 102 valence electrons. The number of piperidine rings is 1. The number of hydrogen-bond donors (Lipinski definition) is 1. The molecule has 1 aromatic rings. The van der Waals surface area contributed by atoms with Gasteiger partial charge in [0.1, 0.15) is 4.88 Å². The Morgan fingerprint density at radius 2 is 2.33 bits per heavy atom. The molecule has 2 heterocycles. The van der Waals surface area contributed by atoms with Crippen molar-refractivity contribution in [2.45, 2.75) is 38.3 Å². The van der Waals surface area contributed by atoms with Gasteiger partial charge in [-0.3, -0.25) is 4.79 Å². The van der Waals surface area contributed by atoms with E-state index < -0.39 is 0 Å². The first-order valence-corrected chi connectivity index (χ1v) is 7.58. The summed E-state index contributed by atoms with van der Waals surface area (Å²) in [4.78, 5) is 15.2. The lowest BCUT2D eigenvalue weighted by molar-refractivity contribution is 0.0588. The van der Waals surface area contributed by atoms with Gasteiger partial charge < -0.3 is 10.6 Å². The molecule has 2 atom stereocenters. The molecule has 0 aliphatic carbocycles. The number of carbonyl (C=O) groups is 1. The Labute approximate surface area is 126 Å². The summed E-state index contributed by atoms with van der Waals surface area (Å²) in [7, 11) is 0. The Bertz CT molecular complexity index is 411. The molecule has 1 fully saturated rings. The van der Waals surface area contributed by atoms with Crippen LogP contribution in [0.3, 0.4) is 0 Å². The third kappa shape index (κ3) is 3.26. The molecule has 0 spiro atoms. The molecule has 1 aliphatic rings. The smallest absolute Gasteiger partial charge is 0.265 e. The van der Waals surface area contributed by atoms with Gasteiger partial charge in [0.05, 0.1) is 0 Å².